The van der Waals surface area contributed by atoms with Gasteiger partial charge in [-0.25, -0.2) is 9.78 Å². The standard InChI is InChI=1S/C14H16N4O2/c1-10(2)20-12-6-4-3-5-11(12)17-14(19)18-13-9-15-7-8-16-13/h3-10H,1-2H3,(H2,16,17,18,19). The van der Waals surface area contributed by atoms with E-state index < -0.39 is 6.03 Å². The Kier molecular flexibility index (Phi) is 4.49. The third-order valence-corrected chi connectivity index (χ3v) is 2.30. The van der Waals surface area contributed by atoms with Gasteiger partial charge >= 0.3 is 6.03 Å². The lowest BCUT2D eigenvalue weighted by atomic mass is 10.3. The zero-order valence-electron chi connectivity index (χ0n) is 11.3. The van der Waals surface area contributed by atoms with Gasteiger partial charge in [-0.3, -0.25) is 10.3 Å². The summed E-state index contributed by atoms with van der Waals surface area (Å²) in [6.45, 7) is 3.85. The van der Waals surface area contributed by atoms with Crippen LogP contribution in [0.1, 0.15) is 13.8 Å². The summed E-state index contributed by atoms with van der Waals surface area (Å²) in [4.78, 5) is 19.7. The van der Waals surface area contributed by atoms with Crippen LogP contribution in [0.25, 0.3) is 0 Å². The normalized spacial score (nSPS) is 10.2. The predicted octanol–water partition coefficient (Wildman–Crippen LogP) is 2.91. The van der Waals surface area contributed by atoms with E-state index in [1.165, 1.54) is 18.6 Å². The van der Waals surface area contributed by atoms with Crippen molar-refractivity contribution >= 4 is 17.5 Å². The topological polar surface area (TPSA) is 76.1 Å². The summed E-state index contributed by atoms with van der Waals surface area (Å²) in [5.74, 6) is 1.00. The Hall–Kier alpha value is -2.63. The van der Waals surface area contributed by atoms with Crippen LogP contribution in [-0.2, 0) is 0 Å². The summed E-state index contributed by atoms with van der Waals surface area (Å²) in [5, 5.41) is 5.31. The molecule has 2 N–H and O–H groups in total. The number of ether oxygens (including phenoxy) is 1. The maximum absolute atomic E-state index is 11.9. The molecule has 6 heteroatoms. The van der Waals surface area contributed by atoms with Crippen molar-refractivity contribution in [3.05, 3.63) is 42.9 Å². The molecular formula is C14H16N4O2. The lowest BCUT2D eigenvalue weighted by Crippen LogP contribution is -2.21. The van der Waals surface area contributed by atoms with E-state index >= 15 is 0 Å². The minimum atomic E-state index is -0.398. The number of carbonyl (C=O) groups excluding carboxylic acids is 1. The summed E-state index contributed by atoms with van der Waals surface area (Å²) in [5.41, 5.74) is 0.600. The van der Waals surface area contributed by atoms with E-state index in [9.17, 15) is 4.79 Å². The highest BCUT2D eigenvalue weighted by molar-refractivity contribution is 5.99. The zero-order valence-corrected chi connectivity index (χ0v) is 11.3. The van der Waals surface area contributed by atoms with Crippen LogP contribution in [0.3, 0.4) is 0 Å². The fourth-order valence-corrected chi connectivity index (χ4v) is 1.56. The molecular weight excluding hydrogens is 256 g/mol. The van der Waals surface area contributed by atoms with Crippen LogP contribution in [0, 0.1) is 0 Å². The smallest absolute Gasteiger partial charge is 0.324 e. The van der Waals surface area contributed by atoms with Crippen LogP contribution in [-0.4, -0.2) is 22.1 Å². The molecule has 0 spiro atoms. The summed E-state index contributed by atoms with van der Waals surface area (Å²) >= 11 is 0. The van der Waals surface area contributed by atoms with Crippen LogP contribution in [0.4, 0.5) is 16.3 Å². The molecule has 0 atom stereocenters. The van der Waals surface area contributed by atoms with E-state index in [1.807, 2.05) is 26.0 Å². The first kappa shape index (κ1) is 13.8. The van der Waals surface area contributed by atoms with Gasteiger partial charge in [-0.15, -0.1) is 0 Å². The van der Waals surface area contributed by atoms with E-state index in [1.54, 1.807) is 12.1 Å². The molecule has 1 aromatic carbocycles. The highest BCUT2D eigenvalue weighted by atomic mass is 16.5. The number of benzene rings is 1. The largest absolute Gasteiger partial charge is 0.489 e. The molecule has 0 aliphatic carbocycles. The van der Waals surface area contributed by atoms with Crippen molar-refractivity contribution in [1.82, 2.24) is 9.97 Å². The molecule has 0 bridgehead atoms. The summed E-state index contributed by atoms with van der Waals surface area (Å²) in [6, 6.07) is 6.85. The van der Waals surface area contributed by atoms with Crippen LogP contribution in [0.15, 0.2) is 42.9 Å². The Balaban J connectivity index is 2.04. The second-order valence-corrected chi connectivity index (χ2v) is 4.33. The molecule has 2 aromatic rings. The monoisotopic (exact) mass is 272 g/mol. The lowest BCUT2D eigenvalue weighted by Gasteiger charge is -2.14. The fourth-order valence-electron chi connectivity index (χ4n) is 1.56. The second kappa shape index (κ2) is 6.51. The predicted molar refractivity (Wildman–Crippen MR) is 76.9 cm³/mol. The van der Waals surface area contributed by atoms with Crippen molar-refractivity contribution in [2.45, 2.75) is 20.0 Å². The molecule has 0 saturated carbocycles. The van der Waals surface area contributed by atoms with Crippen molar-refractivity contribution in [2.75, 3.05) is 10.6 Å². The van der Waals surface area contributed by atoms with E-state index in [0.29, 0.717) is 17.3 Å². The van der Waals surface area contributed by atoms with Crippen molar-refractivity contribution in [3.63, 3.8) is 0 Å². The number of nitrogens with one attached hydrogen (secondary N) is 2. The summed E-state index contributed by atoms with van der Waals surface area (Å²) in [7, 11) is 0. The molecule has 2 rings (SSSR count). The number of anilines is 2. The number of nitrogens with zero attached hydrogens (tertiary/aromatic N) is 2. The number of hydrogen-bond donors (Lipinski definition) is 2. The molecule has 20 heavy (non-hydrogen) atoms. The average molecular weight is 272 g/mol. The van der Waals surface area contributed by atoms with Crippen LogP contribution in [0.5, 0.6) is 5.75 Å². The van der Waals surface area contributed by atoms with Gasteiger partial charge < -0.3 is 10.1 Å². The molecule has 104 valence electrons. The minimum absolute atomic E-state index is 0.0287. The maximum atomic E-state index is 11.9. The maximum Gasteiger partial charge on any atom is 0.324 e. The molecule has 0 radical (unpaired) electrons. The van der Waals surface area contributed by atoms with Gasteiger partial charge in [-0.1, -0.05) is 12.1 Å². The zero-order chi connectivity index (χ0) is 14.4. The first-order valence-electron chi connectivity index (χ1n) is 6.25. The highest BCUT2D eigenvalue weighted by Crippen LogP contribution is 2.24. The second-order valence-electron chi connectivity index (χ2n) is 4.33. The molecule has 1 heterocycles. The van der Waals surface area contributed by atoms with Crippen LogP contribution in [0.2, 0.25) is 0 Å². The van der Waals surface area contributed by atoms with E-state index in [2.05, 4.69) is 20.6 Å². The van der Waals surface area contributed by atoms with E-state index in [0.717, 1.165) is 0 Å². The van der Waals surface area contributed by atoms with Crippen molar-refractivity contribution in [2.24, 2.45) is 0 Å². The van der Waals surface area contributed by atoms with Gasteiger partial charge in [0.25, 0.3) is 0 Å². The van der Waals surface area contributed by atoms with Crippen molar-refractivity contribution < 1.29 is 9.53 Å². The summed E-state index contributed by atoms with van der Waals surface area (Å²) < 4.78 is 5.63. The first-order valence-corrected chi connectivity index (χ1v) is 6.25. The molecule has 2 amide bonds. The molecule has 0 unspecified atom stereocenters. The number of hydrogen-bond acceptors (Lipinski definition) is 4. The SMILES string of the molecule is CC(C)Oc1ccccc1NC(=O)Nc1cnccn1. The number of carbonyl (C=O) groups is 1. The van der Waals surface area contributed by atoms with Crippen molar-refractivity contribution in [1.29, 1.82) is 0 Å². The molecule has 0 aliphatic heterocycles. The van der Waals surface area contributed by atoms with Crippen molar-refractivity contribution in [3.8, 4) is 5.75 Å². The van der Waals surface area contributed by atoms with Crippen LogP contribution >= 0.6 is 0 Å². The quantitative estimate of drug-likeness (QED) is 0.897. The molecule has 1 aromatic heterocycles. The third-order valence-electron chi connectivity index (χ3n) is 2.30. The van der Waals surface area contributed by atoms with Gasteiger partial charge in [0.1, 0.15) is 5.75 Å². The van der Waals surface area contributed by atoms with Gasteiger partial charge in [-0.05, 0) is 26.0 Å². The van der Waals surface area contributed by atoms with Crippen LogP contribution < -0.4 is 15.4 Å². The molecule has 0 saturated heterocycles. The number of rotatable bonds is 4. The average Bonchev–Trinajstić information content (AvgIpc) is 2.41. The van der Waals surface area contributed by atoms with E-state index in [4.69, 9.17) is 4.74 Å². The Morgan fingerprint density at radius 1 is 1.20 bits per heavy atom. The van der Waals surface area contributed by atoms with Gasteiger partial charge in [0.05, 0.1) is 18.0 Å². The lowest BCUT2D eigenvalue weighted by molar-refractivity contribution is 0.243. The van der Waals surface area contributed by atoms with Gasteiger partial charge in [0.15, 0.2) is 5.82 Å². The van der Waals surface area contributed by atoms with Gasteiger partial charge in [-0.2, -0.15) is 0 Å². The highest BCUT2D eigenvalue weighted by Gasteiger charge is 2.09. The summed E-state index contributed by atoms with van der Waals surface area (Å²) in [6.07, 6.45) is 4.54. The number of amides is 2. The first-order chi connectivity index (χ1) is 9.65. The molecule has 0 aliphatic rings. The third kappa shape index (κ3) is 3.94. The fraction of sp³-hybridized carbons (Fsp3) is 0.214. The Morgan fingerprint density at radius 2 is 2.00 bits per heavy atom. The molecule has 0 fully saturated rings. The van der Waals surface area contributed by atoms with Gasteiger partial charge in [0, 0.05) is 12.4 Å². The number of urea groups is 1. The Bertz CT molecular complexity index is 572. The van der Waals surface area contributed by atoms with E-state index in [-0.39, 0.29) is 6.10 Å². The minimum Gasteiger partial charge on any atom is -0.489 e. The van der Waals surface area contributed by atoms with Gasteiger partial charge in [0.2, 0.25) is 0 Å². The number of para-hydroxylation sites is 2. The Labute approximate surface area is 117 Å². The Morgan fingerprint density at radius 3 is 2.70 bits per heavy atom. The number of aromatic nitrogens is 2. The molecule has 6 nitrogen and oxygen atoms in total.